The SMILES string of the molecule is Cc1ccc(O[C@H](C)C(=O)NCCSCc2ccccc2F)cc1C. The van der Waals surface area contributed by atoms with E-state index in [1.807, 2.05) is 38.1 Å². The molecule has 134 valence electrons. The lowest BCUT2D eigenvalue weighted by Gasteiger charge is -2.15. The van der Waals surface area contributed by atoms with Crippen LogP contribution >= 0.6 is 11.8 Å². The first kappa shape index (κ1) is 19.3. The van der Waals surface area contributed by atoms with Crippen LogP contribution in [-0.4, -0.2) is 24.3 Å². The highest BCUT2D eigenvalue weighted by Gasteiger charge is 2.14. The molecule has 0 saturated heterocycles. The first-order chi connectivity index (χ1) is 12.0. The fourth-order valence-electron chi connectivity index (χ4n) is 2.23. The molecule has 0 aliphatic rings. The van der Waals surface area contributed by atoms with E-state index in [-0.39, 0.29) is 11.7 Å². The maximum atomic E-state index is 13.5. The highest BCUT2D eigenvalue weighted by atomic mass is 32.2. The Hall–Kier alpha value is -2.01. The molecule has 0 fully saturated rings. The molecule has 1 N–H and O–H groups in total. The summed E-state index contributed by atoms with van der Waals surface area (Å²) in [5.74, 6) is 1.67. The van der Waals surface area contributed by atoms with Crippen LogP contribution in [0.5, 0.6) is 5.75 Å². The Kier molecular flexibility index (Phi) is 7.31. The van der Waals surface area contributed by atoms with Crippen LogP contribution in [0.3, 0.4) is 0 Å². The highest BCUT2D eigenvalue weighted by Crippen LogP contribution is 2.18. The smallest absolute Gasteiger partial charge is 0.260 e. The van der Waals surface area contributed by atoms with Gasteiger partial charge in [-0.3, -0.25) is 4.79 Å². The van der Waals surface area contributed by atoms with Crippen LogP contribution in [0.1, 0.15) is 23.6 Å². The van der Waals surface area contributed by atoms with Gasteiger partial charge in [-0.25, -0.2) is 4.39 Å². The Morgan fingerprint density at radius 1 is 1.20 bits per heavy atom. The summed E-state index contributed by atoms with van der Waals surface area (Å²) in [6.07, 6.45) is -0.557. The fourth-order valence-corrected chi connectivity index (χ4v) is 3.08. The molecular weight excluding hydrogens is 337 g/mol. The topological polar surface area (TPSA) is 38.3 Å². The van der Waals surface area contributed by atoms with Gasteiger partial charge in [0.25, 0.3) is 5.91 Å². The largest absolute Gasteiger partial charge is 0.481 e. The lowest BCUT2D eigenvalue weighted by atomic mass is 10.1. The Labute approximate surface area is 153 Å². The van der Waals surface area contributed by atoms with Crippen LogP contribution in [0.4, 0.5) is 4.39 Å². The number of thioether (sulfide) groups is 1. The Bertz CT molecular complexity index is 721. The number of aryl methyl sites for hydroxylation is 2. The Balaban J connectivity index is 1.69. The summed E-state index contributed by atoms with van der Waals surface area (Å²) in [6, 6.07) is 12.5. The number of hydrogen-bond donors (Lipinski definition) is 1. The van der Waals surface area contributed by atoms with Gasteiger partial charge >= 0.3 is 0 Å². The van der Waals surface area contributed by atoms with Gasteiger partial charge in [0.05, 0.1) is 0 Å². The number of nitrogens with one attached hydrogen (secondary N) is 1. The number of ether oxygens (including phenoxy) is 1. The second-order valence-electron chi connectivity index (χ2n) is 5.94. The minimum atomic E-state index is -0.557. The predicted octanol–water partition coefficient (Wildman–Crippen LogP) is 4.26. The fraction of sp³-hybridized carbons (Fsp3) is 0.350. The van der Waals surface area contributed by atoms with Crippen molar-refractivity contribution in [2.24, 2.45) is 0 Å². The average molecular weight is 361 g/mol. The molecule has 0 unspecified atom stereocenters. The van der Waals surface area contributed by atoms with Crippen molar-refractivity contribution in [3.63, 3.8) is 0 Å². The number of rotatable bonds is 8. The number of halogens is 1. The quantitative estimate of drug-likeness (QED) is 0.714. The summed E-state index contributed by atoms with van der Waals surface area (Å²) in [7, 11) is 0. The van der Waals surface area contributed by atoms with Crippen molar-refractivity contribution in [1.82, 2.24) is 5.32 Å². The number of carbonyl (C=O) groups is 1. The number of carbonyl (C=O) groups excluding carboxylic acids is 1. The number of amides is 1. The van der Waals surface area contributed by atoms with E-state index in [1.54, 1.807) is 30.8 Å². The molecule has 2 rings (SSSR count). The van der Waals surface area contributed by atoms with Gasteiger partial charge in [0.15, 0.2) is 6.10 Å². The molecule has 1 amide bonds. The summed E-state index contributed by atoms with van der Waals surface area (Å²) in [5, 5.41) is 2.85. The zero-order valence-corrected chi connectivity index (χ0v) is 15.7. The van der Waals surface area contributed by atoms with Gasteiger partial charge in [0, 0.05) is 18.1 Å². The van der Waals surface area contributed by atoms with E-state index in [0.717, 1.165) is 11.3 Å². The molecular formula is C20H24FNO2S. The summed E-state index contributed by atoms with van der Waals surface area (Å²) in [6.45, 7) is 6.31. The zero-order valence-electron chi connectivity index (χ0n) is 14.8. The second-order valence-corrected chi connectivity index (χ2v) is 7.05. The van der Waals surface area contributed by atoms with Gasteiger partial charge in [-0.2, -0.15) is 11.8 Å². The predicted molar refractivity (Wildman–Crippen MR) is 102 cm³/mol. The Morgan fingerprint density at radius 2 is 1.96 bits per heavy atom. The van der Waals surface area contributed by atoms with Crippen molar-refractivity contribution in [3.8, 4) is 5.75 Å². The maximum Gasteiger partial charge on any atom is 0.260 e. The molecule has 5 heteroatoms. The molecule has 25 heavy (non-hydrogen) atoms. The van der Waals surface area contributed by atoms with Crippen LogP contribution < -0.4 is 10.1 Å². The third-order valence-electron chi connectivity index (χ3n) is 3.92. The van der Waals surface area contributed by atoms with E-state index >= 15 is 0 Å². The van der Waals surface area contributed by atoms with Crippen molar-refractivity contribution in [3.05, 3.63) is 65.0 Å². The third-order valence-corrected chi connectivity index (χ3v) is 4.93. The summed E-state index contributed by atoms with van der Waals surface area (Å²) in [5.41, 5.74) is 3.01. The van der Waals surface area contributed by atoms with Crippen molar-refractivity contribution in [1.29, 1.82) is 0 Å². The van der Waals surface area contributed by atoms with Gasteiger partial charge in [-0.1, -0.05) is 24.3 Å². The van der Waals surface area contributed by atoms with Crippen LogP contribution in [0.25, 0.3) is 0 Å². The molecule has 1 atom stereocenters. The molecule has 0 saturated carbocycles. The van der Waals surface area contributed by atoms with Crippen molar-refractivity contribution >= 4 is 17.7 Å². The molecule has 2 aromatic rings. The highest BCUT2D eigenvalue weighted by molar-refractivity contribution is 7.98. The van der Waals surface area contributed by atoms with Crippen molar-refractivity contribution in [2.75, 3.05) is 12.3 Å². The first-order valence-electron chi connectivity index (χ1n) is 8.30. The second kappa shape index (κ2) is 9.47. The molecule has 0 spiro atoms. The minimum absolute atomic E-state index is 0.148. The molecule has 0 aliphatic carbocycles. The van der Waals surface area contributed by atoms with E-state index in [2.05, 4.69) is 5.32 Å². The normalized spacial score (nSPS) is 11.8. The van der Waals surface area contributed by atoms with Gasteiger partial charge in [0.1, 0.15) is 11.6 Å². The lowest BCUT2D eigenvalue weighted by molar-refractivity contribution is -0.127. The van der Waals surface area contributed by atoms with Crippen LogP contribution in [0.15, 0.2) is 42.5 Å². The van der Waals surface area contributed by atoms with E-state index in [9.17, 15) is 9.18 Å². The summed E-state index contributed by atoms with van der Waals surface area (Å²) in [4.78, 5) is 12.1. The zero-order chi connectivity index (χ0) is 18.2. The van der Waals surface area contributed by atoms with Gasteiger partial charge < -0.3 is 10.1 Å². The molecule has 0 aliphatic heterocycles. The molecule has 0 heterocycles. The first-order valence-corrected chi connectivity index (χ1v) is 9.45. The van der Waals surface area contributed by atoms with Crippen LogP contribution in [0, 0.1) is 19.7 Å². The number of benzene rings is 2. The summed E-state index contributed by atoms with van der Waals surface area (Å²) < 4.78 is 19.2. The molecule has 0 radical (unpaired) electrons. The number of hydrogen-bond acceptors (Lipinski definition) is 3. The van der Waals surface area contributed by atoms with E-state index in [0.29, 0.717) is 23.6 Å². The monoisotopic (exact) mass is 361 g/mol. The minimum Gasteiger partial charge on any atom is -0.481 e. The molecule has 0 bridgehead atoms. The van der Waals surface area contributed by atoms with E-state index < -0.39 is 6.10 Å². The standard InChI is InChI=1S/C20H24FNO2S/c1-14-8-9-18(12-15(14)2)24-16(3)20(23)22-10-11-25-13-17-6-4-5-7-19(17)21/h4-9,12,16H,10-11,13H2,1-3H3,(H,22,23)/t16-/m1/s1. The molecule has 0 aromatic heterocycles. The third kappa shape index (κ3) is 6.09. The lowest BCUT2D eigenvalue weighted by Crippen LogP contribution is -2.37. The molecule has 3 nitrogen and oxygen atoms in total. The van der Waals surface area contributed by atoms with Gasteiger partial charge in [-0.15, -0.1) is 0 Å². The average Bonchev–Trinajstić information content (AvgIpc) is 2.59. The van der Waals surface area contributed by atoms with Gasteiger partial charge in [-0.05, 0) is 55.7 Å². The summed E-state index contributed by atoms with van der Waals surface area (Å²) >= 11 is 1.59. The van der Waals surface area contributed by atoms with Crippen LogP contribution in [-0.2, 0) is 10.5 Å². The van der Waals surface area contributed by atoms with Crippen molar-refractivity contribution in [2.45, 2.75) is 32.6 Å². The van der Waals surface area contributed by atoms with E-state index in [1.165, 1.54) is 11.6 Å². The van der Waals surface area contributed by atoms with Crippen molar-refractivity contribution < 1.29 is 13.9 Å². The Morgan fingerprint density at radius 3 is 2.68 bits per heavy atom. The van der Waals surface area contributed by atoms with Gasteiger partial charge in [0.2, 0.25) is 0 Å². The molecule has 2 aromatic carbocycles. The maximum absolute atomic E-state index is 13.5. The van der Waals surface area contributed by atoms with E-state index in [4.69, 9.17) is 4.74 Å². The van der Waals surface area contributed by atoms with Crippen LogP contribution in [0.2, 0.25) is 0 Å².